The predicted molar refractivity (Wildman–Crippen MR) is 52.8 cm³/mol. The minimum Gasteiger partial charge on any atom is -0.507 e. The van der Waals surface area contributed by atoms with Gasteiger partial charge in [0.1, 0.15) is 11.8 Å². The molecule has 0 heterocycles. The van der Waals surface area contributed by atoms with Gasteiger partial charge in [-0.1, -0.05) is 6.07 Å². The lowest BCUT2D eigenvalue weighted by Crippen LogP contribution is -2.32. The Morgan fingerprint density at radius 3 is 2.73 bits per heavy atom. The van der Waals surface area contributed by atoms with Gasteiger partial charge in [0.05, 0.1) is 5.56 Å². The Balaban J connectivity index is 2.87. The third-order valence-electron chi connectivity index (χ3n) is 1.99. The second-order valence-corrected chi connectivity index (χ2v) is 3.16. The molecule has 1 unspecified atom stereocenters. The van der Waals surface area contributed by atoms with Gasteiger partial charge in [0.15, 0.2) is 6.29 Å². The van der Waals surface area contributed by atoms with Gasteiger partial charge >= 0.3 is 5.97 Å². The van der Waals surface area contributed by atoms with Gasteiger partial charge in [-0.05, 0) is 24.1 Å². The largest absolute Gasteiger partial charge is 0.507 e. The first-order valence-electron chi connectivity index (χ1n) is 4.30. The van der Waals surface area contributed by atoms with E-state index in [0.29, 0.717) is 11.8 Å². The Hall–Kier alpha value is -1.88. The van der Waals surface area contributed by atoms with Gasteiger partial charge in [-0.2, -0.15) is 0 Å². The number of aromatic hydroxyl groups is 1. The zero-order chi connectivity index (χ0) is 11.4. The molecule has 1 aromatic rings. The number of nitrogens with two attached hydrogens (primary N) is 1. The van der Waals surface area contributed by atoms with Crippen LogP contribution in [-0.4, -0.2) is 28.5 Å². The first kappa shape index (κ1) is 11.2. The molecule has 0 aliphatic heterocycles. The third kappa shape index (κ3) is 2.78. The van der Waals surface area contributed by atoms with E-state index in [1.165, 1.54) is 18.2 Å². The maximum atomic E-state index is 10.5. The number of phenols is 1. The van der Waals surface area contributed by atoms with Crippen LogP contribution in [0.1, 0.15) is 15.9 Å². The van der Waals surface area contributed by atoms with E-state index in [2.05, 4.69) is 0 Å². The van der Waals surface area contributed by atoms with Crippen molar-refractivity contribution in [2.75, 3.05) is 0 Å². The molecule has 0 saturated heterocycles. The van der Waals surface area contributed by atoms with E-state index in [1.54, 1.807) is 0 Å². The molecule has 0 spiro atoms. The zero-order valence-corrected chi connectivity index (χ0v) is 7.88. The Morgan fingerprint density at radius 2 is 2.20 bits per heavy atom. The highest BCUT2D eigenvalue weighted by Gasteiger charge is 2.12. The molecule has 80 valence electrons. The molecule has 1 rings (SSSR count). The van der Waals surface area contributed by atoms with Gasteiger partial charge in [0.2, 0.25) is 0 Å². The standard InChI is InChI=1S/C10H11NO4/c11-8(10(14)15)4-6-1-2-9(13)7(3-6)5-12/h1-3,5,8,13H,4,11H2,(H,14,15). The van der Waals surface area contributed by atoms with Crippen molar-refractivity contribution < 1.29 is 19.8 Å². The molecule has 0 aliphatic carbocycles. The molecule has 0 fully saturated rings. The lowest BCUT2D eigenvalue weighted by atomic mass is 10.0. The van der Waals surface area contributed by atoms with Crippen molar-refractivity contribution in [2.24, 2.45) is 5.73 Å². The van der Waals surface area contributed by atoms with Crippen molar-refractivity contribution in [1.82, 2.24) is 0 Å². The van der Waals surface area contributed by atoms with Crippen molar-refractivity contribution in [3.8, 4) is 5.75 Å². The van der Waals surface area contributed by atoms with Crippen LogP contribution in [-0.2, 0) is 11.2 Å². The summed E-state index contributed by atoms with van der Waals surface area (Å²) in [7, 11) is 0. The fourth-order valence-corrected chi connectivity index (χ4v) is 1.17. The monoisotopic (exact) mass is 209 g/mol. The van der Waals surface area contributed by atoms with Crippen LogP contribution < -0.4 is 5.73 Å². The Kier molecular flexibility index (Phi) is 3.41. The molecule has 1 atom stereocenters. The van der Waals surface area contributed by atoms with Crippen LogP contribution in [0.2, 0.25) is 0 Å². The first-order chi connectivity index (χ1) is 7.04. The fourth-order valence-electron chi connectivity index (χ4n) is 1.17. The molecule has 0 aliphatic rings. The van der Waals surface area contributed by atoms with Gasteiger partial charge in [-0.15, -0.1) is 0 Å². The van der Waals surface area contributed by atoms with Gasteiger partial charge in [-0.3, -0.25) is 9.59 Å². The molecular formula is C10H11NO4. The number of benzene rings is 1. The average molecular weight is 209 g/mol. The summed E-state index contributed by atoms with van der Waals surface area (Å²) in [5, 5.41) is 17.8. The summed E-state index contributed by atoms with van der Waals surface area (Å²) < 4.78 is 0. The van der Waals surface area contributed by atoms with Crippen LogP contribution in [0.5, 0.6) is 5.75 Å². The molecule has 5 nitrogen and oxygen atoms in total. The van der Waals surface area contributed by atoms with Crippen LogP contribution in [0, 0.1) is 0 Å². The second kappa shape index (κ2) is 4.56. The average Bonchev–Trinajstić information content (AvgIpc) is 2.20. The quantitative estimate of drug-likeness (QED) is 0.613. The van der Waals surface area contributed by atoms with E-state index < -0.39 is 12.0 Å². The number of phenolic OH excluding ortho intramolecular Hbond substituents is 1. The van der Waals surface area contributed by atoms with E-state index >= 15 is 0 Å². The Bertz CT molecular complexity index is 389. The number of hydrogen-bond donors (Lipinski definition) is 3. The number of hydrogen-bond acceptors (Lipinski definition) is 4. The molecule has 0 saturated carbocycles. The summed E-state index contributed by atoms with van der Waals surface area (Å²) in [6.45, 7) is 0. The summed E-state index contributed by atoms with van der Waals surface area (Å²) in [5.74, 6) is -1.23. The number of carboxylic acids is 1. The molecule has 15 heavy (non-hydrogen) atoms. The lowest BCUT2D eigenvalue weighted by Gasteiger charge is -2.07. The second-order valence-electron chi connectivity index (χ2n) is 3.16. The van der Waals surface area contributed by atoms with E-state index in [0.717, 1.165) is 0 Å². The number of rotatable bonds is 4. The predicted octanol–water partition coefficient (Wildman–Crippen LogP) is 0.159. The smallest absolute Gasteiger partial charge is 0.320 e. The number of aldehydes is 1. The minimum atomic E-state index is -1.10. The highest BCUT2D eigenvalue weighted by atomic mass is 16.4. The summed E-state index contributed by atoms with van der Waals surface area (Å²) in [6, 6.07) is 3.29. The van der Waals surface area contributed by atoms with E-state index in [4.69, 9.17) is 10.8 Å². The number of aliphatic carboxylic acids is 1. The van der Waals surface area contributed by atoms with Crippen LogP contribution >= 0.6 is 0 Å². The maximum Gasteiger partial charge on any atom is 0.320 e. The van der Waals surface area contributed by atoms with Crippen LogP contribution in [0.3, 0.4) is 0 Å². The molecule has 0 radical (unpaired) electrons. The minimum absolute atomic E-state index is 0.121. The van der Waals surface area contributed by atoms with Crippen molar-refractivity contribution in [3.63, 3.8) is 0 Å². The van der Waals surface area contributed by atoms with Crippen molar-refractivity contribution in [2.45, 2.75) is 12.5 Å². The van der Waals surface area contributed by atoms with E-state index in [9.17, 15) is 14.7 Å². The van der Waals surface area contributed by atoms with Crippen LogP contribution in [0.4, 0.5) is 0 Å². The van der Waals surface area contributed by atoms with Crippen LogP contribution in [0.25, 0.3) is 0 Å². The topological polar surface area (TPSA) is 101 Å². The maximum absolute atomic E-state index is 10.5. The van der Waals surface area contributed by atoms with E-state index in [-0.39, 0.29) is 17.7 Å². The lowest BCUT2D eigenvalue weighted by molar-refractivity contribution is -0.138. The molecule has 0 bridgehead atoms. The summed E-state index contributed by atoms with van der Waals surface area (Å²) in [5.41, 5.74) is 6.06. The van der Waals surface area contributed by atoms with Crippen LogP contribution in [0.15, 0.2) is 18.2 Å². The highest BCUT2D eigenvalue weighted by Crippen LogP contribution is 2.17. The van der Waals surface area contributed by atoms with Crippen molar-refractivity contribution >= 4 is 12.3 Å². The molecule has 0 aromatic heterocycles. The number of carbonyl (C=O) groups excluding carboxylic acids is 1. The van der Waals surface area contributed by atoms with Gasteiger partial charge in [0, 0.05) is 0 Å². The molecule has 4 N–H and O–H groups in total. The summed E-state index contributed by atoms with van der Waals surface area (Å²) in [4.78, 5) is 21.0. The normalized spacial score (nSPS) is 12.1. The van der Waals surface area contributed by atoms with Crippen molar-refractivity contribution in [3.05, 3.63) is 29.3 Å². The molecule has 5 heteroatoms. The SMILES string of the molecule is NC(Cc1ccc(O)c(C=O)c1)C(=O)O. The van der Waals surface area contributed by atoms with Gasteiger partial charge < -0.3 is 15.9 Å². The summed E-state index contributed by atoms with van der Waals surface area (Å²) in [6.07, 6.45) is 0.627. The van der Waals surface area contributed by atoms with Crippen molar-refractivity contribution in [1.29, 1.82) is 0 Å². The highest BCUT2D eigenvalue weighted by molar-refractivity contribution is 5.79. The van der Waals surface area contributed by atoms with E-state index in [1.807, 2.05) is 0 Å². The van der Waals surface area contributed by atoms with Gasteiger partial charge in [0.25, 0.3) is 0 Å². The number of carboxylic acid groups (broad SMARTS) is 1. The fraction of sp³-hybridized carbons (Fsp3) is 0.200. The third-order valence-corrected chi connectivity index (χ3v) is 1.99. The first-order valence-corrected chi connectivity index (χ1v) is 4.30. The molecule has 0 amide bonds. The molecule has 1 aromatic carbocycles. The van der Waals surface area contributed by atoms with Gasteiger partial charge in [-0.25, -0.2) is 0 Å². The number of carbonyl (C=O) groups is 2. The Morgan fingerprint density at radius 1 is 1.53 bits per heavy atom. The Labute approximate surface area is 86.1 Å². The molecular weight excluding hydrogens is 198 g/mol. The zero-order valence-electron chi connectivity index (χ0n) is 7.88. The summed E-state index contributed by atoms with van der Waals surface area (Å²) >= 11 is 0.